The SMILES string of the molecule is ClC(c1cnn(-c2ccccc2)c1)C1CCCCCCC1. The van der Waals surface area contributed by atoms with Crippen molar-refractivity contribution in [1.82, 2.24) is 9.78 Å². The van der Waals surface area contributed by atoms with Crippen LogP contribution in [0.15, 0.2) is 42.7 Å². The Kier molecular flexibility index (Phi) is 4.97. The van der Waals surface area contributed by atoms with E-state index in [0.29, 0.717) is 5.92 Å². The molecule has 1 aromatic heterocycles. The summed E-state index contributed by atoms with van der Waals surface area (Å²) in [6.45, 7) is 0. The number of hydrogen-bond acceptors (Lipinski definition) is 1. The van der Waals surface area contributed by atoms with Crippen LogP contribution in [0.25, 0.3) is 5.69 Å². The monoisotopic (exact) mass is 302 g/mol. The maximum absolute atomic E-state index is 6.76. The molecule has 1 aliphatic rings. The highest BCUT2D eigenvalue weighted by Gasteiger charge is 2.23. The molecule has 0 N–H and O–H groups in total. The van der Waals surface area contributed by atoms with E-state index in [1.807, 2.05) is 29.1 Å². The van der Waals surface area contributed by atoms with E-state index in [2.05, 4.69) is 23.4 Å². The van der Waals surface area contributed by atoms with Crippen molar-refractivity contribution in [2.24, 2.45) is 5.92 Å². The molecule has 112 valence electrons. The highest BCUT2D eigenvalue weighted by molar-refractivity contribution is 6.21. The quantitative estimate of drug-likeness (QED) is 0.683. The Morgan fingerprint density at radius 1 is 1.00 bits per heavy atom. The van der Waals surface area contributed by atoms with E-state index in [0.717, 1.165) is 11.3 Å². The van der Waals surface area contributed by atoms with Crippen LogP contribution in [0.1, 0.15) is 55.9 Å². The average molecular weight is 303 g/mol. The van der Waals surface area contributed by atoms with E-state index >= 15 is 0 Å². The number of aromatic nitrogens is 2. The summed E-state index contributed by atoms with van der Waals surface area (Å²) in [5.74, 6) is 0.598. The molecular formula is C18H23ClN2. The zero-order chi connectivity index (χ0) is 14.5. The summed E-state index contributed by atoms with van der Waals surface area (Å²) in [4.78, 5) is 0. The minimum Gasteiger partial charge on any atom is -0.241 e. The summed E-state index contributed by atoms with van der Waals surface area (Å²) in [6, 6.07) is 10.2. The number of rotatable bonds is 3. The standard InChI is InChI=1S/C18H23ClN2/c19-18(15-9-5-2-1-3-6-10-15)16-13-20-21(14-16)17-11-7-4-8-12-17/h4,7-8,11-15,18H,1-3,5-6,9-10H2. The topological polar surface area (TPSA) is 17.8 Å². The van der Waals surface area contributed by atoms with E-state index < -0.39 is 0 Å². The predicted molar refractivity (Wildman–Crippen MR) is 88.0 cm³/mol. The average Bonchev–Trinajstić information content (AvgIpc) is 2.97. The molecule has 1 aromatic carbocycles. The highest BCUT2D eigenvalue weighted by atomic mass is 35.5. The van der Waals surface area contributed by atoms with Gasteiger partial charge in [-0.3, -0.25) is 0 Å². The van der Waals surface area contributed by atoms with Crippen LogP contribution in [0, 0.1) is 5.92 Å². The van der Waals surface area contributed by atoms with Gasteiger partial charge in [0, 0.05) is 11.8 Å². The van der Waals surface area contributed by atoms with Crippen LogP contribution in [0.5, 0.6) is 0 Å². The number of para-hydroxylation sites is 1. The third-order valence-electron chi connectivity index (χ3n) is 4.51. The van der Waals surface area contributed by atoms with E-state index in [9.17, 15) is 0 Å². The summed E-state index contributed by atoms with van der Waals surface area (Å²) in [6.07, 6.45) is 13.3. The normalized spacial score (nSPS) is 18.9. The number of benzene rings is 1. The van der Waals surface area contributed by atoms with Crippen molar-refractivity contribution in [2.45, 2.75) is 50.3 Å². The van der Waals surface area contributed by atoms with Crippen LogP contribution in [0.2, 0.25) is 0 Å². The minimum absolute atomic E-state index is 0.0977. The van der Waals surface area contributed by atoms with E-state index in [4.69, 9.17) is 11.6 Å². The van der Waals surface area contributed by atoms with Gasteiger partial charge in [0.2, 0.25) is 0 Å². The zero-order valence-electron chi connectivity index (χ0n) is 12.4. The summed E-state index contributed by atoms with van der Waals surface area (Å²) in [5.41, 5.74) is 2.25. The molecule has 2 aromatic rings. The molecule has 1 unspecified atom stereocenters. The van der Waals surface area contributed by atoms with Gasteiger partial charge in [-0.2, -0.15) is 5.10 Å². The molecule has 1 atom stereocenters. The first-order valence-electron chi connectivity index (χ1n) is 8.08. The third kappa shape index (κ3) is 3.68. The summed E-state index contributed by atoms with van der Waals surface area (Å²) in [7, 11) is 0. The fourth-order valence-electron chi connectivity index (χ4n) is 3.25. The molecule has 0 saturated heterocycles. The molecule has 0 spiro atoms. The second-order valence-corrected chi connectivity index (χ2v) is 6.53. The van der Waals surface area contributed by atoms with Crippen molar-refractivity contribution in [3.63, 3.8) is 0 Å². The van der Waals surface area contributed by atoms with Gasteiger partial charge < -0.3 is 0 Å². The third-order valence-corrected chi connectivity index (χ3v) is 5.11. The van der Waals surface area contributed by atoms with Crippen LogP contribution in [0.3, 0.4) is 0 Å². The lowest BCUT2D eigenvalue weighted by molar-refractivity contribution is 0.368. The minimum atomic E-state index is 0.0977. The second-order valence-electron chi connectivity index (χ2n) is 6.06. The Morgan fingerprint density at radius 2 is 1.67 bits per heavy atom. The van der Waals surface area contributed by atoms with Crippen LogP contribution in [-0.2, 0) is 0 Å². The number of hydrogen-bond donors (Lipinski definition) is 0. The van der Waals surface area contributed by atoms with Crippen molar-refractivity contribution in [2.75, 3.05) is 0 Å². The Bertz CT molecular complexity index is 541. The molecule has 0 radical (unpaired) electrons. The maximum Gasteiger partial charge on any atom is 0.0645 e. The maximum atomic E-state index is 6.76. The van der Waals surface area contributed by atoms with Gasteiger partial charge >= 0.3 is 0 Å². The first-order chi connectivity index (χ1) is 10.3. The smallest absolute Gasteiger partial charge is 0.0645 e. The van der Waals surface area contributed by atoms with Crippen molar-refractivity contribution in [1.29, 1.82) is 0 Å². The molecule has 0 amide bonds. The molecule has 2 nitrogen and oxygen atoms in total. The lowest BCUT2D eigenvalue weighted by Gasteiger charge is -2.23. The van der Waals surface area contributed by atoms with Gasteiger partial charge in [-0.05, 0) is 30.9 Å². The predicted octanol–water partition coefficient (Wildman–Crippen LogP) is 5.51. The fourth-order valence-corrected chi connectivity index (χ4v) is 3.62. The first-order valence-corrected chi connectivity index (χ1v) is 8.52. The summed E-state index contributed by atoms with van der Waals surface area (Å²) < 4.78 is 1.92. The molecule has 3 heteroatoms. The molecule has 1 saturated carbocycles. The van der Waals surface area contributed by atoms with E-state index in [1.165, 1.54) is 44.9 Å². The Labute approximate surface area is 132 Å². The molecule has 1 heterocycles. The van der Waals surface area contributed by atoms with Crippen molar-refractivity contribution in [3.05, 3.63) is 48.3 Å². The lowest BCUT2D eigenvalue weighted by Crippen LogP contribution is -2.10. The number of halogens is 1. The number of nitrogens with zero attached hydrogens (tertiary/aromatic N) is 2. The molecule has 1 aliphatic carbocycles. The molecule has 3 rings (SSSR count). The van der Waals surface area contributed by atoms with Gasteiger partial charge in [0.15, 0.2) is 0 Å². The Balaban J connectivity index is 1.72. The van der Waals surface area contributed by atoms with Gasteiger partial charge in [-0.15, -0.1) is 11.6 Å². The van der Waals surface area contributed by atoms with Gasteiger partial charge in [-0.1, -0.05) is 50.3 Å². The first kappa shape index (κ1) is 14.6. The fraction of sp³-hybridized carbons (Fsp3) is 0.500. The second kappa shape index (κ2) is 7.13. The van der Waals surface area contributed by atoms with Gasteiger partial charge in [-0.25, -0.2) is 4.68 Å². The van der Waals surface area contributed by atoms with E-state index in [1.54, 1.807) is 0 Å². The lowest BCUT2D eigenvalue weighted by atomic mass is 9.87. The summed E-state index contributed by atoms with van der Waals surface area (Å²) in [5, 5.41) is 4.57. The molecule has 1 fully saturated rings. The summed E-state index contributed by atoms with van der Waals surface area (Å²) >= 11 is 6.76. The van der Waals surface area contributed by atoms with Crippen LogP contribution < -0.4 is 0 Å². The van der Waals surface area contributed by atoms with Crippen molar-refractivity contribution < 1.29 is 0 Å². The zero-order valence-corrected chi connectivity index (χ0v) is 13.2. The van der Waals surface area contributed by atoms with E-state index in [-0.39, 0.29) is 5.38 Å². The van der Waals surface area contributed by atoms with Gasteiger partial charge in [0.25, 0.3) is 0 Å². The van der Waals surface area contributed by atoms with Crippen LogP contribution >= 0.6 is 11.6 Å². The van der Waals surface area contributed by atoms with Gasteiger partial charge in [0.05, 0.1) is 17.3 Å². The molecule has 0 bridgehead atoms. The Morgan fingerprint density at radius 3 is 2.38 bits per heavy atom. The highest BCUT2D eigenvalue weighted by Crippen LogP contribution is 2.37. The molecule has 0 aliphatic heterocycles. The van der Waals surface area contributed by atoms with Crippen LogP contribution in [0.4, 0.5) is 0 Å². The Hall–Kier alpha value is -1.28. The molecular weight excluding hydrogens is 280 g/mol. The number of alkyl halides is 1. The van der Waals surface area contributed by atoms with Crippen LogP contribution in [-0.4, -0.2) is 9.78 Å². The van der Waals surface area contributed by atoms with Gasteiger partial charge in [0.1, 0.15) is 0 Å². The van der Waals surface area contributed by atoms with Crippen molar-refractivity contribution >= 4 is 11.6 Å². The van der Waals surface area contributed by atoms with Crippen molar-refractivity contribution in [3.8, 4) is 5.69 Å². The largest absolute Gasteiger partial charge is 0.241 e. The molecule has 21 heavy (non-hydrogen) atoms.